The second-order valence-corrected chi connectivity index (χ2v) is 5.17. The molecule has 0 aliphatic carbocycles. The van der Waals surface area contributed by atoms with Crippen molar-refractivity contribution in [2.75, 3.05) is 6.54 Å². The van der Waals surface area contributed by atoms with Crippen LogP contribution in [0.5, 0.6) is 0 Å². The van der Waals surface area contributed by atoms with E-state index in [2.05, 4.69) is 5.32 Å². The van der Waals surface area contributed by atoms with Gasteiger partial charge in [-0.1, -0.05) is 20.8 Å². The number of nitrogens with one attached hydrogen (secondary N) is 1. The van der Waals surface area contributed by atoms with E-state index in [1.165, 1.54) is 6.08 Å². The Morgan fingerprint density at radius 2 is 2.00 bits per heavy atom. The molecule has 0 unspecified atom stereocenters. The molecule has 1 N–H and O–H groups in total. The van der Waals surface area contributed by atoms with Gasteiger partial charge in [-0.15, -0.1) is 0 Å². The van der Waals surface area contributed by atoms with Gasteiger partial charge in [-0.2, -0.15) is 0 Å². The van der Waals surface area contributed by atoms with Gasteiger partial charge in [0.2, 0.25) is 5.91 Å². The van der Waals surface area contributed by atoms with Crippen LogP contribution in [-0.4, -0.2) is 18.2 Å². The molecule has 0 aliphatic heterocycles. The van der Waals surface area contributed by atoms with Crippen LogP contribution in [0, 0.1) is 12.3 Å². The molecule has 4 heteroatoms. The van der Waals surface area contributed by atoms with E-state index in [0.29, 0.717) is 5.76 Å². The van der Waals surface area contributed by atoms with E-state index in [1.807, 2.05) is 33.8 Å². The first-order valence-electron chi connectivity index (χ1n) is 5.84. The Labute approximate surface area is 107 Å². The van der Waals surface area contributed by atoms with Crippen molar-refractivity contribution in [3.05, 3.63) is 29.7 Å². The Kier molecular flexibility index (Phi) is 4.48. The number of hydrogen-bond acceptors (Lipinski definition) is 3. The Morgan fingerprint density at radius 3 is 2.50 bits per heavy atom. The second kappa shape index (κ2) is 5.67. The third-order valence-electron chi connectivity index (χ3n) is 2.42. The lowest BCUT2D eigenvalue weighted by Crippen LogP contribution is -2.34. The second-order valence-electron chi connectivity index (χ2n) is 5.17. The maximum Gasteiger partial charge on any atom is 0.244 e. The number of rotatable bonds is 4. The fourth-order valence-corrected chi connectivity index (χ4v) is 1.19. The highest BCUT2D eigenvalue weighted by Gasteiger charge is 2.20. The van der Waals surface area contributed by atoms with E-state index in [0.717, 1.165) is 5.76 Å². The number of furan rings is 1. The molecular weight excluding hydrogens is 230 g/mol. The Morgan fingerprint density at radius 1 is 1.33 bits per heavy atom. The molecule has 0 spiro atoms. The van der Waals surface area contributed by atoms with Gasteiger partial charge in [0.15, 0.2) is 5.78 Å². The molecule has 4 nitrogen and oxygen atoms in total. The molecule has 0 atom stereocenters. The van der Waals surface area contributed by atoms with Crippen molar-refractivity contribution in [2.24, 2.45) is 5.41 Å². The van der Waals surface area contributed by atoms with Crippen LogP contribution in [0.1, 0.15) is 32.3 Å². The van der Waals surface area contributed by atoms with Crippen molar-refractivity contribution < 1.29 is 14.0 Å². The lowest BCUT2D eigenvalue weighted by molar-refractivity contribution is -0.127. The molecule has 0 fully saturated rings. The summed E-state index contributed by atoms with van der Waals surface area (Å²) in [6.45, 7) is 7.35. The number of carbonyl (C=O) groups excluding carboxylic acids is 2. The summed E-state index contributed by atoms with van der Waals surface area (Å²) in [5.74, 6) is 1.10. The average Bonchev–Trinajstić information content (AvgIpc) is 2.67. The molecule has 0 saturated heterocycles. The molecule has 0 aliphatic rings. The van der Waals surface area contributed by atoms with E-state index in [9.17, 15) is 9.59 Å². The van der Waals surface area contributed by atoms with Crippen molar-refractivity contribution in [3.8, 4) is 0 Å². The van der Waals surface area contributed by atoms with Crippen molar-refractivity contribution in [2.45, 2.75) is 27.7 Å². The molecule has 0 bridgehead atoms. The number of ketones is 1. The van der Waals surface area contributed by atoms with Gasteiger partial charge in [-0.25, -0.2) is 0 Å². The zero-order chi connectivity index (χ0) is 13.8. The molecule has 98 valence electrons. The Hall–Kier alpha value is -1.84. The maximum absolute atomic E-state index is 11.6. The topological polar surface area (TPSA) is 59.3 Å². The SMILES string of the molecule is Cc1ccc(/C=C/C(=O)NCC(=O)C(C)(C)C)o1. The normalized spacial score (nSPS) is 11.8. The number of amides is 1. The van der Waals surface area contributed by atoms with Gasteiger partial charge < -0.3 is 9.73 Å². The molecule has 0 radical (unpaired) electrons. The van der Waals surface area contributed by atoms with Crippen molar-refractivity contribution >= 4 is 17.8 Å². The highest BCUT2D eigenvalue weighted by atomic mass is 16.3. The minimum Gasteiger partial charge on any atom is -0.462 e. The smallest absolute Gasteiger partial charge is 0.244 e. The summed E-state index contributed by atoms with van der Waals surface area (Å²) in [5.41, 5.74) is -0.435. The van der Waals surface area contributed by atoms with Crippen LogP contribution in [-0.2, 0) is 9.59 Å². The van der Waals surface area contributed by atoms with Crippen LogP contribution in [0.2, 0.25) is 0 Å². The Balaban J connectivity index is 2.43. The molecule has 18 heavy (non-hydrogen) atoms. The predicted octanol–water partition coefficient (Wildman–Crippen LogP) is 2.33. The van der Waals surface area contributed by atoms with E-state index in [4.69, 9.17) is 4.42 Å². The van der Waals surface area contributed by atoms with E-state index < -0.39 is 5.41 Å². The number of Topliss-reactive ketones (excluding diaryl/α,β-unsaturated/α-hetero) is 1. The monoisotopic (exact) mass is 249 g/mol. The van der Waals surface area contributed by atoms with Crippen LogP contribution in [0.3, 0.4) is 0 Å². The summed E-state index contributed by atoms with van der Waals surface area (Å²) in [7, 11) is 0. The maximum atomic E-state index is 11.6. The molecule has 1 amide bonds. The molecule has 1 aromatic heterocycles. The molecule has 1 heterocycles. The Bertz CT molecular complexity index is 464. The van der Waals surface area contributed by atoms with Gasteiger partial charge in [0.25, 0.3) is 0 Å². The minimum absolute atomic E-state index is 0.00177. The van der Waals surface area contributed by atoms with Crippen LogP contribution in [0.4, 0.5) is 0 Å². The molecule has 0 aromatic carbocycles. The zero-order valence-electron chi connectivity index (χ0n) is 11.2. The molecular formula is C14H19NO3. The van der Waals surface area contributed by atoms with Gasteiger partial charge in [0.05, 0.1) is 6.54 Å². The summed E-state index contributed by atoms with van der Waals surface area (Å²) >= 11 is 0. The highest BCUT2D eigenvalue weighted by Crippen LogP contribution is 2.13. The summed E-state index contributed by atoms with van der Waals surface area (Å²) < 4.78 is 5.28. The molecule has 1 rings (SSSR count). The van der Waals surface area contributed by atoms with Gasteiger partial charge in [0.1, 0.15) is 11.5 Å². The van der Waals surface area contributed by atoms with Gasteiger partial charge >= 0.3 is 0 Å². The number of hydrogen-bond donors (Lipinski definition) is 1. The van der Waals surface area contributed by atoms with Gasteiger partial charge in [-0.05, 0) is 25.1 Å². The quantitative estimate of drug-likeness (QED) is 0.833. The van der Waals surface area contributed by atoms with Crippen LogP contribution in [0.25, 0.3) is 6.08 Å². The van der Waals surface area contributed by atoms with Crippen LogP contribution in [0.15, 0.2) is 22.6 Å². The lowest BCUT2D eigenvalue weighted by Gasteiger charge is -2.16. The number of carbonyl (C=O) groups is 2. The summed E-state index contributed by atoms with van der Waals surface area (Å²) in [6, 6.07) is 3.60. The van der Waals surface area contributed by atoms with Crippen LogP contribution < -0.4 is 5.32 Å². The van der Waals surface area contributed by atoms with E-state index in [-0.39, 0.29) is 18.2 Å². The third-order valence-corrected chi connectivity index (χ3v) is 2.42. The first-order valence-corrected chi connectivity index (χ1v) is 5.84. The van der Waals surface area contributed by atoms with Crippen LogP contribution >= 0.6 is 0 Å². The minimum atomic E-state index is -0.435. The lowest BCUT2D eigenvalue weighted by atomic mass is 9.91. The number of aryl methyl sites for hydroxylation is 1. The summed E-state index contributed by atoms with van der Waals surface area (Å²) in [4.78, 5) is 23.1. The van der Waals surface area contributed by atoms with Crippen molar-refractivity contribution in [1.29, 1.82) is 0 Å². The van der Waals surface area contributed by atoms with E-state index >= 15 is 0 Å². The van der Waals surface area contributed by atoms with Gasteiger partial charge in [-0.3, -0.25) is 9.59 Å². The third kappa shape index (κ3) is 4.57. The average molecular weight is 249 g/mol. The molecule has 1 aromatic rings. The van der Waals surface area contributed by atoms with Crippen molar-refractivity contribution in [3.63, 3.8) is 0 Å². The summed E-state index contributed by atoms with van der Waals surface area (Å²) in [6.07, 6.45) is 2.93. The fraction of sp³-hybridized carbons (Fsp3) is 0.429. The largest absolute Gasteiger partial charge is 0.462 e. The first kappa shape index (κ1) is 14.2. The zero-order valence-corrected chi connectivity index (χ0v) is 11.2. The van der Waals surface area contributed by atoms with Gasteiger partial charge in [0, 0.05) is 11.5 Å². The van der Waals surface area contributed by atoms with Crippen molar-refractivity contribution in [1.82, 2.24) is 5.32 Å². The highest BCUT2D eigenvalue weighted by molar-refractivity contribution is 5.95. The first-order chi connectivity index (χ1) is 8.29. The standard InChI is InChI=1S/C14H19NO3/c1-10-5-6-11(18-10)7-8-13(17)15-9-12(16)14(2,3)4/h5-8H,9H2,1-4H3,(H,15,17)/b8-7+. The molecule has 0 saturated carbocycles. The summed E-state index contributed by atoms with van der Waals surface area (Å²) in [5, 5.41) is 2.55. The van der Waals surface area contributed by atoms with E-state index in [1.54, 1.807) is 12.1 Å². The predicted molar refractivity (Wildman–Crippen MR) is 70.0 cm³/mol. The fourth-order valence-electron chi connectivity index (χ4n) is 1.19.